The van der Waals surface area contributed by atoms with Gasteiger partial charge in [0.1, 0.15) is 11.6 Å². The van der Waals surface area contributed by atoms with Crippen molar-refractivity contribution in [3.8, 4) is 0 Å². The van der Waals surface area contributed by atoms with Crippen LogP contribution in [-0.4, -0.2) is 60.7 Å². The quantitative estimate of drug-likeness (QED) is 0.371. The van der Waals surface area contributed by atoms with Crippen molar-refractivity contribution in [3.63, 3.8) is 0 Å². The third kappa shape index (κ3) is 6.54. The van der Waals surface area contributed by atoms with Crippen molar-refractivity contribution in [2.75, 3.05) is 19.8 Å². The normalized spacial score (nSPS) is 19.4. The first-order valence-corrected chi connectivity index (χ1v) is 14.7. The maximum Gasteiger partial charge on any atom is 0.254 e. The van der Waals surface area contributed by atoms with E-state index < -0.39 is 27.2 Å². The molecule has 0 spiro atoms. The van der Waals surface area contributed by atoms with Crippen LogP contribution in [0.4, 0.5) is 8.78 Å². The van der Waals surface area contributed by atoms with Crippen LogP contribution in [-0.2, 0) is 38.2 Å². The predicted octanol–water partition coefficient (Wildman–Crippen LogP) is 4.14. The van der Waals surface area contributed by atoms with E-state index in [1.54, 1.807) is 15.5 Å². The summed E-state index contributed by atoms with van der Waals surface area (Å²) in [6, 6.07) is 11.1. The minimum Gasteiger partial charge on any atom is -0.376 e. The van der Waals surface area contributed by atoms with Crippen molar-refractivity contribution < 1.29 is 31.5 Å². The minimum absolute atomic E-state index is 0.0530. The molecule has 1 aromatic heterocycles. The number of sulfone groups is 1. The second-order valence-electron chi connectivity index (χ2n) is 9.96. The largest absolute Gasteiger partial charge is 0.376 e. The molecule has 0 N–H and O–H groups in total. The molecule has 2 saturated heterocycles. The number of benzene rings is 2. The van der Waals surface area contributed by atoms with E-state index in [4.69, 9.17) is 9.47 Å². The summed E-state index contributed by atoms with van der Waals surface area (Å²) >= 11 is 0. The van der Waals surface area contributed by atoms with Gasteiger partial charge in [0.05, 0.1) is 42.9 Å². The topological polar surface area (TPSA) is 90.7 Å². The van der Waals surface area contributed by atoms with E-state index >= 15 is 0 Å². The lowest BCUT2D eigenvalue weighted by atomic mass is 10.1. The molecule has 0 unspecified atom stereocenters. The van der Waals surface area contributed by atoms with Gasteiger partial charge in [0.15, 0.2) is 0 Å². The van der Waals surface area contributed by atoms with E-state index in [2.05, 4.69) is 4.98 Å². The third-order valence-electron chi connectivity index (χ3n) is 7.07. The number of nitrogens with zero attached hydrogens (tertiary/aromatic N) is 3. The number of carbonyl (C=O) groups excluding carboxylic acids is 1. The molecule has 2 aromatic carbocycles. The van der Waals surface area contributed by atoms with Crippen LogP contribution in [0.3, 0.4) is 0 Å². The van der Waals surface area contributed by atoms with Crippen LogP contribution in [0.25, 0.3) is 0 Å². The standard InChI is InChI=1S/C28H31F2N3O5S/c29-22-11-9-20(10-12-22)27(34)32(17-24-6-3-13-37-24)16-23-15-31-28(33(23)18-25-7-4-14-38-25)39(35,36)19-21-5-1-2-8-26(21)30/h1-2,5,8-12,15,24-25H,3-4,6-7,13-14,16-19H2/t24-,25-/m0/s1. The van der Waals surface area contributed by atoms with Crippen molar-refractivity contribution in [1.29, 1.82) is 0 Å². The number of hydrogen-bond acceptors (Lipinski definition) is 6. The lowest BCUT2D eigenvalue weighted by Crippen LogP contribution is -2.38. The Morgan fingerprint density at radius 1 is 1.00 bits per heavy atom. The summed E-state index contributed by atoms with van der Waals surface area (Å²) in [6.07, 6.45) is 4.39. The Balaban J connectivity index is 1.48. The summed E-state index contributed by atoms with van der Waals surface area (Å²) in [5.74, 6) is -1.93. The molecule has 0 bridgehead atoms. The molecular weight excluding hydrogens is 528 g/mol. The van der Waals surface area contributed by atoms with Gasteiger partial charge in [-0.1, -0.05) is 18.2 Å². The van der Waals surface area contributed by atoms with Gasteiger partial charge in [-0.2, -0.15) is 0 Å². The SMILES string of the molecule is O=C(c1ccc(F)cc1)N(Cc1cnc(S(=O)(=O)Cc2ccccc2F)n1C[C@@H]1CCCO1)C[C@@H]1CCCO1. The molecule has 0 saturated carbocycles. The molecule has 11 heteroatoms. The van der Waals surface area contributed by atoms with Crippen LogP contribution in [0, 0.1) is 11.6 Å². The van der Waals surface area contributed by atoms with Crippen molar-refractivity contribution in [1.82, 2.24) is 14.5 Å². The van der Waals surface area contributed by atoms with Gasteiger partial charge < -0.3 is 18.9 Å². The van der Waals surface area contributed by atoms with Crippen molar-refractivity contribution in [2.24, 2.45) is 0 Å². The Hall–Kier alpha value is -3.15. The molecule has 3 heterocycles. The zero-order valence-electron chi connectivity index (χ0n) is 21.5. The van der Waals surface area contributed by atoms with Gasteiger partial charge in [-0.15, -0.1) is 0 Å². The summed E-state index contributed by atoms with van der Waals surface area (Å²) < 4.78 is 67.9. The zero-order valence-corrected chi connectivity index (χ0v) is 22.3. The molecule has 0 radical (unpaired) electrons. The highest BCUT2D eigenvalue weighted by molar-refractivity contribution is 7.90. The molecular formula is C28H31F2N3O5S. The van der Waals surface area contributed by atoms with Crippen LogP contribution >= 0.6 is 0 Å². The van der Waals surface area contributed by atoms with Gasteiger partial charge in [-0.3, -0.25) is 4.79 Å². The maximum atomic E-state index is 14.3. The van der Waals surface area contributed by atoms with Gasteiger partial charge in [0.25, 0.3) is 5.91 Å². The molecule has 3 aromatic rings. The lowest BCUT2D eigenvalue weighted by molar-refractivity contribution is 0.0496. The minimum atomic E-state index is -4.04. The smallest absolute Gasteiger partial charge is 0.254 e. The second-order valence-corrected chi connectivity index (χ2v) is 11.8. The first kappa shape index (κ1) is 27.4. The van der Waals surface area contributed by atoms with Gasteiger partial charge in [0, 0.05) is 30.9 Å². The first-order chi connectivity index (χ1) is 18.8. The van der Waals surface area contributed by atoms with Crippen molar-refractivity contribution in [3.05, 3.63) is 83.2 Å². The Morgan fingerprint density at radius 3 is 2.36 bits per heavy atom. The number of ether oxygens (including phenoxy) is 2. The highest BCUT2D eigenvalue weighted by atomic mass is 32.2. The van der Waals surface area contributed by atoms with Gasteiger partial charge in [-0.05, 0) is 56.0 Å². The molecule has 8 nitrogen and oxygen atoms in total. The van der Waals surface area contributed by atoms with Crippen LogP contribution in [0.5, 0.6) is 0 Å². The number of imidazole rings is 1. The van der Waals surface area contributed by atoms with Crippen LogP contribution in [0.15, 0.2) is 59.9 Å². The molecule has 2 atom stereocenters. The van der Waals surface area contributed by atoms with Gasteiger partial charge >= 0.3 is 0 Å². The average molecular weight is 560 g/mol. The number of rotatable bonds is 10. The third-order valence-corrected chi connectivity index (χ3v) is 8.65. The van der Waals surface area contributed by atoms with Crippen molar-refractivity contribution in [2.45, 2.75) is 61.9 Å². The monoisotopic (exact) mass is 559 g/mol. The van der Waals surface area contributed by atoms with Crippen LogP contribution < -0.4 is 0 Å². The highest BCUT2D eigenvalue weighted by Gasteiger charge is 2.30. The fraction of sp³-hybridized carbons (Fsp3) is 0.429. The molecule has 0 aliphatic carbocycles. The number of halogens is 2. The lowest BCUT2D eigenvalue weighted by Gasteiger charge is -2.26. The Kier molecular flexibility index (Phi) is 8.39. The highest BCUT2D eigenvalue weighted by Crippen LogP contribution is 2.24. The summed E-state index contributed by atoms with van der Waals surface area (Å²) in [6.45, 7) is 1.78. The number of aromatic nitrogens is 2. The average Bonchev–Trinajstić information content (AvgIpc) is 3.69. The number of carbonyl (C=O) groups is 1. The summed E-state index contributed by atoms with van der Waals surface area (Å²) in [5.41, 5.74) is 0.871. The van der Waals surface area contributed by atoms with E-state index in [0.717, 1.165) is 25.7 Å². The molecule has 2 aliphatic rings. The molecule has 39 heavy (non-hydrogen) atoms. The summed E-state index contributed by atoms with van der Waals surface area (Å²) in [5, 5.41) is -0.192. The molecule has 2 aliphatic heterocycles. The Labute approximate surface area is 226 Å². The predicted molar refractivity (Wildman–Crippen MR) is 139 cm³/mol. The Morgan fingerprint density at radius 2 is 1.69 bits per heavy atom. The van der Waals surface area contributed by atoms with E-state index in [1.807, 2.05) is 0 Å². The molecule has 2 fully saturated rings. The maximum absolute atomic E-state index is 14.3. The Bertz CT molecular complexity index is 1400. The van der Waals surface area contributed by atoms with E-state index in [9.17, 15) is 22.0 Å². The van der Waals surface area contributed by atoms with Crippen LogP contribution in [0.1, 0.15) is 47.3 Å². The van der Waals surface area contributed by atoms with Gasteiger partial charge in [0.2, 0.25) is 15.0 Å². The summed E-state index contributed by atoms with van der Waals surface area (Å²) in [4.78, 5) is 19.4. The van der Waals surface area contributed by atoms with E-state index in [0.29, 0.717) is 31.0 Å². The molecule has 208 valence electrons. The second kappa shape index (κ2) is 11.9. The molecule has 5 rings (SSSR count). The van der Waals surface area contributed by atoms with E-state index in [-0.39, 0.29) is 41.9 Å². The zero-order chi connectivity index (χ0) is 27.4. The molecule has 1 amide bonds. The summed E-state index contributed by atoms with van der Waals surface area (Å²) in [7, 11) is -4.04. The fourth-order valence-electron chi connectivity index (χ4n) is 5.06. The van der Waals surface area contributed by atoms with Crippen LogP contribution in [0.2, 0.25) is 0 Å². The fourth-order valence-corrected chi connectivity index (χ4v) is 6.58. The number of amides is 1. The first-order valence-electron chi connectivity index (χ1n) is 13.1. The van der Waals surface area contributed by atoms with E-state index in [1.165, 1.54) is 48.7 Å². The number of hydrogen-bond donors (Lipinski definition) is 0. The van der Waals surface area contributed by atoms with Crippen molar-refractivity contribution >= 4 is 15.7 Å². The van der Waals surface area contributed by atoms with Gasteiger partial charge in [-0.25, -0.2) is 22.2 Å².